The van der Waals surface area contributed by atoms with Gasteiger partial charge in [-0.3, -0.25) is 0 Å². The van der Waals surface area contributed by atoms with Crippen LogP contribution in [0.15, 0.2) is 12.3 Å². The predicted octanol–water partition coefficient (Wildman–Crippen LogP) is 0.959. The lowest BCUT2D eigenvalue weighted by molar-refractivity contribution is 0.579. The van der Waals surface area contributed by atoms with E-state index in [2.05, 4.69) is 21.8 Å². The van der Waals surface area contributed by atoms with E-state index in [-0.39, 0.29) is 0 Å². The second kappa shape index (κ2) is 4.14. The maximum absolute atomic E-state index is 5.70. The van der Waals surface area contributed by atoms with Gasteiger partial charge in [0.25, 0.3) is 0 Å². The van der Waals surface area contributed by atoms with Crippen molar-refractivity contribution in [3.8, 4) is 0 Å². The van der Waals surface area contributed by atoms with Crippen LogP contribution < -0.4 is 10.6 Å². The molecule has 4 nitrogen and oxygen atoms in total. The molecule has 0 aromatic carbocycles. The smallest absolute Gasteiger partial charge is 0.225 e. The zero-order valence-electron chi connectivity index (χ0n) is 9.35. The molecule has 2 unspecified atom stereocenters. The van der Waals surface area contributed by atoms with Crippen LogP contribution in [0.3, 0.4) is 0 Å². The Balaban J connectivity index is 2.17. The van der Waals surface area contributed by atoms with Crippen molar-refractivity contribution in [3.05, 3.63) is 18.0 Å². The third-order valence-electron chi connectivity index (χ3n) is 3.03. The van der Waals surface area contributed by atoms with E-state index in [0.717, 1.165) is 31.2 Å². The van der Waals surface area contributed by atoms with Crippen molar-refractivity contribution in [2.75, 3.05) is 18.0 Å². The SMILES string of the molecule is Cc1ccnc(N2CC(CN)CC2C)n1. The van der Waals surface area contributed by atoms with Crippen molar-refractivity contribution in [2.24, 2.45) is 11.7 Å². The van der Waals surface area contributed by atoms with Gasteiger partial charge in [0.15, 0.2) is 0 Å². The quantitative estimate of drug-likeness (QED) is 0.783. The fraction of sp³-hybridized carbons (Fsp3) is 0.636. The Kier molecular flexibility index (Phi) is 2.86. The lowest BCUT2D eigenvalue weighted by Gasteiger charge is -2.21. The zero-order valence-corrected chi connectivity index (χ0v) is 9.35. The number of aryl methyl sites for hydroxylation is 1. The molecule has 2 rings (SSSR count). The average Bonchev–Trinajstić information content (AvgIpc) is 2.60. The molecule has 0 aliphatic carbocycles. The van der Waals surface area contributed by atoms with Gasteiger partial charge in [0, 0.05) is 24.5 Å². The van der Waals surface area contributed by atoms with Crippen molar-refractivity contribution in [1.29, 1.82) is 0 Å². The summed E-state index contributed by atoms with van der Waals surface area (Å²) in [6.07, 6.45) is 2.97. The van der Waals surface area contributed by atoms with Crippen molar-refractivity contribution in [2.45, 2.75) is 26.3 Å². The molecule has 15 heavy (non-hydrogen) atoms. The van der Waals surface area contributed by atoms with Gasteiger partial charge in [-0.15, -0.1) is 0 Å². The van der Waals surface area contributed by atoms with Crippen LogP contribution in [0, 0.1) is 12.8 Å². The molecule has 1 aromatic heterocycles. The van der Waals surface area contributed by atoms with E-state index in [4.69, 9.17) is 5.73 Å². The molecule has 0 radical (unpaired) electrons. The molecule has 2 heterocycles. The molecule has 4 heteroatoms. The van der Waals surface area contributed by atoms with Crippen LogP contribution >= 0.6 is 0 Å². The first kappa shape index (κ1) is 10.4. The van der Waals surface area contributed by atoms with Gasteiger partial charge in [-0.2, -0.15) is 0 Å². The fourth-order valence-corrected chi connectivity index (χ4v) is 2.17. The summed E-state index contributed by atoms with van der Waals surface area (Å²) in [5, 5.41) is 0. The van der Waals surface area contributed by atoms with Crippen LogP contribution in [0.25, 0.3) is 0 Å². The normalized spacial score (nSPS) is 25.9. The van der Waals surface area contributed by atoms with E-state index in [1.165, 1.54) is 0 Å². The van der Waals surface area contributed by atoms with E-state index in [9.17, 15) is 0 Å². The number of nitrogens with two attached hydrogens (primary N) is 1. The first-order chi connectivity index (χ1) is 7.20. The molecule has 1 fully saturated rings. The zero-order chi connectivity index (χ0) is 10.8. The monoisotopic (exact) mass is 206 g/mol. The minimum absolute atomic E-state index is 0.500. The van der Waals surface area contributed by atoms with Gasteiger partial charge in [0.2, 0.25) is 5.95 Å². The molecule has 1 saturated heterocycles. The number of anilines is 1. The van der Waals surface area contributed by atoms with Crippen LogP contribution in [-0.2, 0) is 0 Å². The Hall–Kier alpha value is -1.16. The van der Waals surface area contributed by atoms with Crippen molar-refractivity contribution in [3.63, 3.8) is 0 Å². The molecule has 0 spiro atoms. The minimum Gasteiger partial charge on any atom is -0.338 e. The van der Waals surface area contributed by atoms with Gasteiger partial charge in [0.05, 0.1) is 0 Å². The maximum atomic E-state index is 5.70. The molecule has 2 atom stereocenters. The van der Waals surface area contributed by atoms with E-state index in [1.807, 2.05) is 19.2 Å². The summed E-state index contributed by atoms with van der Waals surface area (Å²) in [7, 11) is 0. The molecule has 82 valence electrons. The van der Waals surface area contributed by atoms with Gasteiger partial charge in [-0.25, -0.2) is 9.97 Å². The second-order valence-corrected chi connectivity index (χ2v) is 4.34. The molecular formula is C11H18N4. The molecule has 0 amide bonds. The van der Waals surface area contributed by atoms with Crippen LogP contribution in [0.5, 0.6) is 0 Å². The van der Waals surface area contributed by atoms with E-state index in [0.29, 0.717) is 12.0 Å². The molecule has 0 saturated carbocycles. The van der Waals surface area contributed by atoms with Crippen LogP contribution in [0.4, 0.5) is 5.95 Å². The summed E-state index contributed by atoms with van der Waals surface area (Å²) in [6, 6.07) is 2.42. The van der Waals surface area contributed by atoms with E-state index in [1.54, 1.807) is 0 Å². The minimum atomic E-state index is 0.500. The van der Waals surface area contributed by atoms with Gasteiger partial charge in [-0.1, -0.05) is 0 Å². The van der Waals surface area contributed by atoms with E-state index >= 15 is 0 Å². The summed E-state index contributed by atoms with van der Waals surface area (Å²) in [6.45, 7) is 5.95. The largest absolute Gasteiger partial charge is 0.338 e. The molecule has 1 aliphatic rings. The maximum Gasteiger partial charge on any atom is 0.225 e. The van der Waals surface area contributed by atoms with Crippen LogP contribution in [0.1, 0.15) is 19.0 Å². The van der Waals surface area contributed by atoms with Gasteiger partial charge < -0.3 is 10.6 Å². The number of aromatic nitrogens is 2. The topological polar surface area (TPSA) is 55.0 Å². The van der Waals surface area contributed by atoms with Gasteiger partial charge in [0.1, 0.15) is 0 Å². The number of rotatable bonds is 2. The first-order valence-corrected chi connectivity index (χ1v) is 5.47. The summed E-state index contributed by atoms with van der Waals surface area (Å²) in [4.78, 5) is 11.0. The average molecular weight is 206 g/mol. The summed E-state index contributed by atoms with van der Waals surface area (Å²) >= 11 is 0. The molecule has 1 aliphatic heterocycles. The highest BCUT2D eigenvalue weighted by Crippen LogP contribution is 2.25. The standard InChI is InChI=1S/C11H18N4/c1-8-3-4-13-11(14-8)15-7-10(6-12)5-9(15)2/h3-4,9-10H,5-7,12H2,1-2H3. The summed E-state index contributed by atoms with van der Waals surface area (Å²) < 4.78 is 0. The highest BCUT2D eigenvalue weighted by molar-refractivity contribution is 5.33. The number of hydrogen-bond acceptors (Lipinski definition) is 4. The van der Waals surface area contributed by atoms with Crippen LogP contribution in [-0.4, -0.2) is 29.1 Å². The molecular weight excluding hydrogens is 188 g/mol. The lowest BCUT2D eigenvalue weighted by Crippen LogP contribution is -2.29. The third-order valence-corrected chi connectivity index (χ3v) is 3.03. The van der Waals surface area contributed by atoms with Crippen molar-refractivity contribution >= 4 is 5.95 Å². The van der Waals surface area contributed by atoms with Gasteiger partial charge >= 0.3 is 0 Å². The van der Waals surface area contributed by atoms with Crippen molar-refractivity contribution in [1.82, 2.24) is 9.97 Å². The first-order valence-electron chi connectivity index (χ1n) is 5.47. The third kappa shape index (κ3) is 2.09. The predicted molar refractivity (Wildman–Crippen MR) is 60.7 cm³/mol. The highest BCUT2D eigenvalue weighted by Gasteiger charge is 2.29. The molecule has 1 aromatic rings. The van der Waals surface area contributed by atoms with E-state index < -0.39 is 0 Å². The van der Waals surface area contributed by atoms with Crippen molar-refractivity contribution < 1.29 is 0 Å². The van der Waals surface area contributed by atoms with Gasteiger partial charge in [-0.05, 0) is 38.8 Å². The molecule has 0 bridgehead atoms. The Morgan fingerprint density at radius 3 is 3.00 bits per heavy atom. The Labute approximate surface area is 90.5 Å². The summed E-state index contributed by atoms with van der Waals surface area (Å²) in [5.41, 5.74) is 6.72. The van der Waals surface area contributed by atoms with Crippen LogP contribution in [0.2, 0.25) is 0 Å². The number of hydrogen-bond donors (Lipinski definition) is 1. The molecule has 2 N–H and O–H groups in total. The number of nitrogens with zero attached hydrogens (tertiary/aromatic N) is 3. The fourth-order valence-electron chi connectivity index (χ4n) is 2.17. The Bertz CT molecular complexity index is 339. The highest BCUT2D eigenvalue weighted by atomic mass is 15.3. The Morgan fingerprint density at radius 2 is 2.40 bits per heavy atom. The Morgan fingerprint density at radius 1 is 1.60 bits per heavy atom. The summed E-state index contributed by atoms with van der Waals surface area (Å²) in [5.74, 6) is 1.43. The second-order valence-electron chi connectivity index (χ2n) is 4.34. The lowest BCUT2D eigenvalue weighted by atomic mass is 10.1.